The van der Waals surface area contributed by atoms with Gasteiger partial charge in [0.2, 0.25) is 0 Å². The van der Waals surface area contributed by atoms with E-state index in [1.165, 1.54) is 6.08 Å². The van der Waals surface area contributed by atoms with Gasteiger partial charge in [0, 0.05) is 0 Å². The lowest BCUT2D eigenvalue weighted by molar-refractivity contribution is -0.122. The van der Waals surface area contributed by atoms with Gasteiger partial charge in [-0.05, 0) is 101 Å². The Balaban J connectivity index is 1.48. The van der Waals surface area contributed by atoms with Gasteiger partial charge in [-0.3, -0.25) is 14.9 Å². The molecule has 0 radical (unpaired) electrons. The Morgan fingerprint density at radius 2 is 1.68 bits per heavy atom. The largest absolute Gasteiger partial charge is 0.490 e. The molecular weight excluding hydrogens is 619 g/mol. The lowest BCUT2D eigenvalue weighted by Gasteiger charge is -2.28. The lowest BCUT2D eigenvalue weighted by Crippen LogP contribution is -2.54. The number of barbiturate groups is 1. The van der Waals surface area contributed by atoms with Gasteiger partial charge in [0.15, 0.2) is 11.5 Å². The highest BCUT2D eigenvalue weighted by Gasteiger charge is 2.37. The van der Waals surface area contributed by atoms with Crippen LogP contribution < -0.4 is 19.7 Å². The molecule has 0 spiro atoms. The Kier molecular flexibility index (Phi) is 7.88. The Bertz CT molecular complexity index is 1690. The van der Waals surface area contributed by atoms with Crippen LogP contribution in [0.25, 0.3) is 16.8 Å². The summed E-state index contributed by atoms with van der Waals surface area (Å²) in [6.45, 7) is 6.34. The molecule has 0 aromatic heterocycles. The number of halogens is 1. The third-order valence-electron chi connectivity index (χ3n) is 6.81. The Morgan fingerprint density at radius 1 is 0.925 bits per heavy atom. The van der Waals surface area contributed by atoms with Crippen LogP contribution >= 0.6 is 22.6 Å². The summed E-state index contributed by atoms with van der Waals surface area (Å²) in [5.74, 6) is -0.371. The molecule has 0 aliphatic carbocycles. The van der Waals surface area contributed by atoms with Crippen molar-refractivity contribution < 1.29 is 23.9 Å². The van der Waals surface area contributed by atoms with Gasteiger partial charge >= 0.3 is 6.03 Å². The Morgan fingerprint density at radius 3 is 2.48 bits per heavy atom. The molecule has 0 unspecified atom stereocenters. The highest BCUT2D eigenvalue weighted by molar-refractivity contribution is 14.1. The SMILES string of the molecule is CCOc1cc(/C=C2\C(=O)NC(=O)N(c3cccc(C)c3C)C2=O)cc(I)c1OCc1cccc2ccccc12. The summed E-state index contributed by atoms with van der Waals surface area (Å²) in [6, 6.07) is 22.4. The molecule has 7 nitrogen and oxygen atoms in total. The molecule has 4 aromatic rings. The van der Waals surface area contributed by atoms with Crippen LogP contribution in [0.4, 0.5) is 10.5 Å². The fourth-order valence-corrected chi connectivity index (χ4v) is 5.44. The first-order valence-corrected chi connectivity index (χ1v) is 13.9. The van der Waals surface area contributed by atoms with Crippen molar-refractivity contribution >= 4 is 63.0 Å². The molecule has 0 saturated carbocycles. The number of carbonyl (C=O) groups excluding carboxylic acids is 3. The second kappa shape index (κ2) is 11.5. The maximum atomic E-state index is 13.5. The summed E-state index contributed by atoms with van der Waals surface area (Å²) in [6.07, 6.45) is 1.47. The molecular formula is C32H27IN2O5. The quantitative estimate of drug-likeness (QED) is 0.137. The van der Waals surface area contributed by atoms with E-state index in [9.17, 15) is 14.4 Å². The predicted octanol–water partition coefficient (Wildman–Crippen LogP) is 6.71. The van der Waals surface area contributed by atoms with Gasteiger partial charge < -0.3 is 9.47 Å². The van der Waals surface area contributed by atoms with Crippen molar-refractivity contribution in [2.75, 3.05) is 11.5 Å². The fraction of sp³-hybridized carbons (Fsp3) is 0.156. The number of hydrogen-bond donors (Lipinski definition) is 1. The number of fused-ring (bicyclic) bond motifs is 1. The number of carbonyl (C=O) groups is 3. The zero-order chi connectivity index (χ0) is 28.4. The van der Waals surface area contributed by atoms with Crippen molar-refractivity contribution in [3.05, 3.63) is 104 Å². The molecule has 0 bridgehead atoms. The minimum Gasteiger partial charge on any atom is -0.490 e. The number of rotatable bonds is 7. The maximum absolute atomic E-state index is 13.5. The summed E-state index contributed by atoms with van der Waals surface area (Å²) in [5.41, 5.74) is 3.60. The van der Waals surface area contributed by atoms with Crippen LogP contribution in [0.2, 0.25) is 0 Å². The zero-order valence-electron chi connectivity index (χ0n) is 22.3. The number of imide groups is 2. The molecule has 0 atom stereocenters. The number of amides is 4. The summed E-state index contributed by atoms with van der Waals surface area (Å²) < 4.78 is 12.9. The number of nitrogens with zero attached hydrogens (tertiary/aromatic N) is 1. The lowest BCUT2D eigenvalue weighted by atomic mass is 10.0. The summed E-state index contributed by atoms with van der Waals surface area (Å²) in [4.78, 5) is 39.9. The molecule has 1 aliphatic rings. The second-order valence-corrected chi connectivity index (χ2v) is 10.5. The van der Waals surface area contributed by atoms with Crippen molar-refractivity contribution in [3.63, 3.8) is 0 Å². The minimum atomic E-state index is -0.775. The van der Waals surface area contributed by atoms with Gasteiger partial charge in [0.25, 0.3) is 11.8 Å². The smallest absolute Gasteiger partial charge is 0.335 e. The fourth-order valence-electron chi connectivity index (χ4n) is 4.66. The molecule has 8 heteroatoms. The Hall–Kier alpha value is -4.18. The van der Waals surface area contributed by atoms with Crippen LogP contribution in [0.1, 0.15) is 29.2 Å². The third kappa shape index (κ3) is 5.31. The first-order chi connectivity index (χ1) is 19.3. The molecule has 5 rings (SSSR count). The topological polar surface area (TPSA) is 84.9 Å². The third-order valence-corrected chi connectivity index (χ3v) is 7.61. The van der Waals surface area contributed by atoms with E-state index in [0.717, 1.165) is 35.9 Å². The van der Waals surface area contributed by atoms with Crippen LogP contribution in [-0.4, -0.2) is 24.5 Å². The number of anilines is 1. The van der Waals surface area contributed by atoms with Crippen LogP contribution in [0.3, 0.4) is 0 Å². The monoisotopic (exact) mass is 646 g/mol. The van der Waals surface area contributed by atoms with Gasteiger partial charge in [0.1, 0.15) is 12.2 Å². The van der Waals surface area contributed by atoms with Gasteiger partial charge in [-0.15, -0.1) is 0 Å². The first kappa shape index (κ1) is 27.4. The number of benzene rings is 4. The predicted molar refractivity (Wildman–Crippen MR) is 164 cm³/mol. The maximum Gasteiger partial charge on any atom is 0.335 e. The van der Waals surface area contributed by atoms with Crippen molar-refractivity contribution in [3.8, 4) is 11.5 Å². The van der Waals surface area contributed by atoms with Crippen molar-refractivity contribution in [2.45, 2.75) is 27.4 Å². The molecule has 1 aliphatic heterocycles. The highest BCUT2D eigenvalue weighted by Crippen LogP contribution is 2.36. The van der Waals surface area contributed by atoms with Crippen LogP contribution in [0, 0.1) is 17.4 Å². The molecule has 202 valence electrons. The molecule has 4 aromatic carbocycles. The van der Waals surface area contributed by atoms with Gasteiger partial charge in [-0.2, -0.15) is 0 Å². The van der Waals surface area contributed by atoms with E-state index in [2.05, 4.69) is 46.1 Å². The van der Waals surface area contributed by atoms with Crippen LogP contribution in [0.15, 0.2) is 78.4 Å². The number of hydrogen-bond acceptors (Lipinski definition) is 5. The van der Waals surface area contributed by atoms with E-state index >= 15 is 0 Å². The Labute approximate surface area is 245 Å². The zero-order valence-corrected chi connectivity index (χ0v) is 24.4. The van der Waals surface area contributed by atoms with Crippen LogP contribution in [-0.2, 0) is 16.2 Å². The molecule has 1 saturated heterocycles. The van der Waals surface area contributed by atoms with E-state index in [4.69, 9.17) is 9.47 Å². The average Bonchev–Trinajstić information content (AvgIpc) is 2.93. The van der Waals surface area contributed by atoms with Crippen molar-refractivity contribution in [1.29, 1.82) is 0 Å². The van der Waals surface area contributed by atoms with E-state index in [-0.39, 0.29) is 5.57 Å². The van der Waals surface area contributed by atoms with Gasteiger partial charge in [-0.1, -0.05) is 54.6 Å². The van der Waals surface area contributed by atoms with Gasteiger partial charge in [-0.25, -0.2) is 9.69 Å². The molecule has 1 N–H and O–H groups in total. The molecule has 1 fully saturated rings. The number of urea groups is 1. The summed E-state index contributed by atoms with van der Waals surface area (Å²) in [7, 11) is 0. The van der Waals surface area contributed by atoms with E-state index in [1.54, 1.807) is 18.2 Å². The number of aryl methyl sites for hydroxylation is 1. The number of ether oxygens (including phenoxy) is 2. The summed E-state index contributed by atoms with van der Waals surface area (Å²) >= 11 is 2.16. The molecule has 4 amide bonds. The van der Waals surface area contributed by atoms with E-state index in [1.807, 2.05) is 57.2 Å². The normalized spacial score (nSPS) is 14.6. The van der Waals surface area contributed by atoms with Crippen molar-refractivity contribution in [2.24, 2.45) is 0 Å². The minimum absolute atomic E-state index is 0.150. The van der Waals surface area contributed by atoms with E-state index < -0.39 is 17.8 Å². The first-order valence-electron chi connectivity index (χ1n) is 12.8. The standard InChI is InChI=1S/C32H27IN2O5/c1-4-39-28-17-21(16-26(33)29(28)40-18-23-12-8-11-22-10-5-6-13-24(22)23)15-25-30(36)34-32(38)35(31(25)37)27-14-7-9-19(2)20(27)3/h5-17H,4,18H2,1-3H3,(H,34,36,38)/b25-15+. The summed E-state index contributed by atoms with van der Waals surface area (Å²) in [5, 5.41) is 4.54. The average molecular weight is 646 g/mol. The van der Waals surface area contributed by atoms with Crippen molar-refractivity contribution in [1.82, 2.24) is 5.32 Å². The number of nitrogens with one attached hydrogen (secondary N) is 1. The molecule has 1 heterocycles. The van der Waals surface area contributed by atoms with E-state index in [0.29, 0.717) is 36.0 Å². The van der Waals surface area contributed by atoms with Crippen LogP contribution in [0.5, 0.6) is 11.5 Å². The molecule has 40 heavy (non-hydrogen) atoms. The second-order valence-electron chi connectivity index (χ2n) is 9.37. The highest BCUT2D eigenvalue weighted by atomic mass is 127. The van der Waals surface area contributed by atoms with Gasteiger partial charge in [0.05, 0.1) is 15.9 Å².